The van der Waals surface area contributed by atoms with Crippen molar-refractivity contribution in [1.82, 2.24) is 14.2 Å². The van der Waals surface area contributed by atoms with Crippen molar-refractivity contribution >= 4 is 26.8 Å². The van der Waals surface area contributed by atoms with Crippen molar-refractivity contribution in [3.63, 3.8) is 0 Å². The van der Waals surface area contributed by atoms with Gasteiger partial charge in [0, 0.05) is 49.7 Å². The molecule has 1 aliphatic rings. The van der Waals surface area contributed by atoms with Crippen LogP contribution < -0.4 is 0 Å². The zero-order chi connectivity index (χ0) is 21.8. The molecular weight excluding hydrogens is 412 g/mol. The Morgan fingerprint density at radius 3 is 2.52 bits per heavy atom. The van der Waals surface area contributed by atoms with Gasteiger partial charge in [0.15, 0.2) is 0 Å². The van der Waals surface area contributed by atoms with Crippen LogP contribution >= 0.6 is 0 Å². The highest BCUT2D eigenvalue weighted by Gasteiger charge is 2.31. The molecule has 7 nitrogen and oxygen atoms in total. The lowest BCUT2D eigenvalue weighted by molar-refractivity contribution is -0.132. The monoisotopic (exact) mass is 436 g/mol. The average Bonchev–Trinajstić information content (AvgIpc) is 3.22. The van der Waals surface area contributed by atoms with Crippen LogP contribution in [-0.4, -0.2) is 54.7 Å². The molecule has 1 aromatic heterocycles. The Labute approximate surface area is 181 Å². The van der Waals surface area contributed by atoms with Gasteiger partial charge in [0.05, 0.1) is 10.5 Å². The molecular formula is C23H24N4O3S. The number of H-pyrrole nitrogens is 1. The minimum absolute atomic E-state index is 0.0241. The van der Waals surface area contributed by atoms with Gasteiger partial charge in [-0.05, 0) is 36.6 Å². The summed E-state index contributed by atoms with van der Waals surface area (Å²) in [5.41, 5.74) is 2.44. The Kier molecular flexibility index (Phi) is 6.07. The first-order valence-electron chi connectivity index (χ1n) is 10.3. The molecule has 3 aromatic rings. The predicted octanol–water partition coefficient (Wildman–Crippen LogP) is 2.90. The number of hydrogen-bond acceptors (Lipinski definition) is 4. The third-order valence-corrected chi connectivity index (χ3v) is 7.69. The van der Waals surface area contributed by atoms with Crippen molar-refractivity contribution < 1.29 is 13.2 Å². The molecule has 1 fully saturated rings. The molecule has 0 radical (unpaired) electrons. The van der Waals surface area contributed by atoms with Crippen molar-refractivity contribution in [3.05, 3.63) is 65.9 Å². The second-order valence-corrected chi connectivity index (χ2v) is 9.51. The molecule has 0 unspecified atom stereocenters. The number of benzene rings is 2. The summed E-state index contributed by atoms with van der Waals surface area (Å²) in [7, 11) is -3.75. The summed E-state index contributed by atoms with van der Waals surface area (Å²) in [6.45, 7) is 1.19. The number of fused-ring (bicyclic) bond motifs is 1. The first-order valence-corrected chi connectivity index (χ1v) is 11.8. The molecule has 0 saturated carbocycles. The minimum Gasteiger partial charge on any atom is -0.361 e. The van der Waals surface area contributed by atoms with Gasteiger partial charge in [0.1, 0.15) is 6.07 Å². The topological polar surface area (TPSA) is 97.3 Å². The molecule has 1 N–H and O–H groups in total. The van der Waals surface area contributed by atoms with E-state index in [4.69, 9.17) is 0 Å². The number of aromatic nitrogens is 1. The number of carbonyl (C=O) groups is 1. The lowest BCUT2D eigenvalue weighted by Crippen LogP contribution is -2.50. The van der Waals surface area contributed by atoms with Crippen LogP contribution in [-0.2, 0) is 21.2 Å². The van der Waals surface area contributed by atoms with Gasteiger partial charge in [0.25, 0.3) is 0 Å². The zero-order valence-corrected chi connectivity index (χ0v) is 17.9. The number of sulfonamides is 1. The number of amides is 1. The van der Waals surface area contributed by atoms with Gasteiger partial charge in [-0.3, -0.25) is 4.79 Å². The van der Waals surface area contributed by atoms with Gasteiger partial charge >= 0.3 is 0 Å². The normalized spacial score (nSPS) is 15.1. The van der Waals surface area contributed by atoms with Crippen molar-refractivity contribution in [2.24, 2.45) is 0 Å². The van der Waals surface area contributed by atoms with Crippen LogP contribution in [0.25, 0.3) is 10.9 Å². The third-order valence-electron chi connectivity index (χ3n) is 5.73. The Bertz CT molecular complexity index is 1230. The molecule has 0 atom stereocenters. The van der Waals surface area contributed by atoms with Crippen molar-refractivity contribution in [1.29, 1.82) is 5.26 Å². The summed E-state index contributed by atoms with van der Waals surface area (Å²) in [6, 6.07) is 16.3. The number of carbonyl (C=O) groups excluding carboxylic acids is 1. The Morgan fingerprint density at radius 1 is 1.03 bits per heavy atom. The third kappa shape index (κ3) is 4.33. The van der Waals surface area contributed by atoms with Crippen LogP contribution in [0.4, 0.5) is 0 Å². The van der Waals surface area contributed by atoms with E-state index in [1.54, 1.807) is 17.0 Å². The molecule has 1 aliphatic heterocycles. The summed E-state index contributed by atoms with van der Waals surface area (Å²) in [5.74, 6) is 0.0503. The number of para-hydroxylation sites is 1. The van der Waals surface area contributed by atoms with Crippen LogP contribution in [0.3, 0.4) is 0 Å². The molecule has 1 saturated heterocycles. The molecule has 0 spiro atoms. The standard InChI is InChI=1S/C23H24N4O3S/c24-16-18-6-1-4-10-22(18)31(29,30)27-14-12-26(13-15-27)23(28)11-5-7-19-17-25-21-9-3-2-8-20(19)21/h1-4,6,8-10,17,25H,5,7,11-15H2. The Balaban J connectivity index is 1.31. The lowest BCUT2D eigenvalue weighted by atomic mass is 10.1. The number of aromatic amines is 1. The van der Waals surface area contributed by atoms with Crippen LogP contribution in [0.5, 0.6) is 0 Å². The second-order valence-electron chi connectivity index (χ2n) is 7.61. The van der Waals surface area contributed by atoms with Gasteiger partial charge in [-0.2, -0.15) is 9.57 Å². The predicted molar refractivity (Wildman–Crippen MR) is 118 cm³/mol. The summed E-state index contributed by atoms with van der Waals surface area (Å²) in [5, 5.41) is 10.4. The van der Waals surface area contributed by atoms with E-state index >= 15 is 0 Å². The number of piperazine rings is 1. The fourth-order valence-corrected chi connectivity index (χ4v) is 5.59. The van der Waals surface area contributed by atoms with Gasteiger partial charge < -0.3 is 9.88 Å². The minimum atomic E-state index is -3.75. The van der Waals surface area contributed by atoms with Crippen LogP contribution in [0.15, 0.2) is 59.6 Å². The smallest absolute Gasteiger partial charge is 0.244 e. The highest BCUT2D eigenvalue weighted by atomic mass is 32.2. The SMILES string of the molecule is N#Cc1ccccc1S(=O)(=O)N1CCN(C(=O)CCCc2c[nH]c3ccccc23)CC1. The highest BCUT2D eigenvalue weighted by Crippen LogP contribution is 2.22. The average molecular weight is 437 g/mol. The summed E-state index contributed by atoms with van der Waals surface area (Å²) < 4.78 is 27.2. The zero-order valence-electron chi connectivity index (χ0n) is 17.1. The lowest BCUT2D eigenvalue weighted by Gasteiger charge is -2.34. The molecule has 31 heavy (non-hydrogen) atoms. The Hall–Kier alpha value is -3.15. The maximum Gasteiger partial charge on any atom is 0.244 e. The molecule has 0 bridgehead atoms. The molecule has 2 heterocycles. The van der Waals surface area contributed by atoms with Crippen LogP contribution in [0.1, 0.15) is 24.0 Å². The highest BCUT2D eigenvalue weighted by molar-refractivity contribution is 7.89. The van der Waals surface area contributed by atoms with E-state index < -0.39 is 10.0 Å². The number of nitrogens with zero attached hydrogens (tertiary/aromatic N) is 3. The van der Waals surface area contributed by atoms with E-state index in [2.05, 4.69) is 11.1 Å². The molecule has 1 amide bonds. The largest absolute Gasteiger partial charge is 0.361 e. The number of hydrogen-bond donors (Lipinski definition) is 1. The number of nitrogens with one attached hydrogen (secondary N) is 1. The summed E-state index contributed by atoms with van der Waals surface area (Å²) in [6.07, 6.45) is 3.99. The molecule has 0 aliphatic carbocycles. The first kappa shape index (κ1) is 21.1. The van der Waals surface area contributed by atoms with Crippen molar-refractivity contribution in [2.75, 3.05) is 26.2 Å². The Morgan fingerprint density at radius 2 is 1.74 bits per heavy atom. The van der Waals surface area contributed by atoms with Crippen molar-refractivity contribution in [2.45, 2.75) is 24.2 Å². The van der Waals surface area contributed by atoms with Gasteiger partial charge in [-0.1, -0.05) is 30.3 Å². The van der Waals surface area contributed by atoms with E-state index in [1.807, 2.05) is 30.5 Å². The van der Waals surface area contributed by atoms with E-state index in [0.717, 1.165) is 18.4 Å². The van der Waals surface area contributed by atoms with Gasteiger partial charge in [-0.15, -0.1) is 0 Å². The fraction of sp³-hybridized carbons (Fsp3) is 0.304. The molecule has 8 heteroatoms. The fourth-order valence-electron chi connectivity index (χ4n) is 4.03. The molecule has 2 aromatic carbocycles. The maximum absolute atomic E-state index is 12.9. The van der Waals surface area contributed by atoms with E-state index in [-0.39, 0.29) is 29.5 Å². The van der Waals surface area contributed by atoms with Gasteiger partial charge in [-0.25, -0.2) is 8.42 Å². The molecule has 4 rings (SSSR count). The van der Waals surface area contributed by atoms with Crippen molar-refractivity contribution in [3.8, 4) is 6.07 Å². The first-order chi connectivity index (χ1) is 15.0. The number of rotatable bonds is 6. The number of nitriles is 1. The second kappa shape index (κ2) is 8.92. The van der Waals surface area contributed by atoms with Crippen LogP contribution in [0.2, 0.25) is 0 Å². The number of aryl methyl sites for hydroxylation is 1. The molecule has 160 valence electrons. The quantitative estimate of drug-likeness (QED) is 0.642. The van der Waals surface area contributed by atoms with E-state index in [9.17, 15) is 18.5 Å². The summed E-state index contributed by atoms with van der Waals surface area (Å²) >= 11 is 0. The van der Waals surface area contributed by atoms with E-state index in [0.29, 0.717) is 19.5 Å². The van der Waals surface area contributed by atoms with E-state index in [1.165, 1.54) is 27.4 Å². The maximum atomic E-state index is 12.9. The van der Waals surface area contributed by atoms with Crippen LogP contribution in [0, 0.1) is 11.3 Å². The van der Waals surface area contributed by atoms with Gasteiger partial charge in [0.2, 0.25) is 15.9 Å². The summed E-state index contributed by atoms with van der Waals surface area (Å²) in [4.78, 5) is 17.6.